The van der Waals surface area contributed by atoms with Crippen LogP contribution in [0.25, 0.3) is 0 Å². The molecule has 0 saturated carbocycles. The molecule has 0 bridgehead atoms. The summed E-state index contributed by atoms with van der Waals surface area (Å²) in [5.41, 5.74) is 9.48. The van der Waals surface area contributed by atoms with Crippen molar-refractivity contribution in [1.82, 2.24) is 9.78 Å². The van der Waals surface area contributed by atoms with Gasteiger partial charge in [-0.05, 0) is 24.6 Å². The highest BCUT2D eigenvalue weighted by molar-refractivity contribution is 5.92. The van der Waals surface area contributed by atoms with Crippen molar-refractivity contribution in [3.8, 4) is 0 Å². The molecule has 0 aliphatic carbocycles. The number of carbonyl (C=O) groups excluding carboxylic acids is 1. The van der Waals surface area contributed by atoms with Crippen LogP contribution < -0.4 is 11.1 Å². The van der Waals surface area contributed by atoms with E-state index in [1.54, 1.807) is 22.9 Å². The number of hydrogen-bond acceptors (Lipinski definition) is 5. The van der Waals surface area contributed by atoms with Gasteiger partial charge in [-0.1, -0.05) is 6.92 Å². The third-order valence-electron chi connectivity index (χ3n) is 2.98. The lowest BCUT2D eigenvalue weighted by atomic mass is 10.1. The van der Waals surface area contributed by atoms with Gasteiger partial charge in [0.25, 0.3) is 0 Å². The molecule has 1 aromatic carbocycles. The predicted octanol–water partition coefficient (Wildman–Crippen LogP) is 2.09. The van der Waals surface area contributed by atoms with Crippen molar-refractivity contribution in [2.45, 2.75) is 13.3 Å². The second-order valence-electron chi connectivity index (χ2n) is 4.44. The molecule has 1 heterocycles. The molecule has 20 heavy (non-hydrogen) atoms. The number of nitrogen functional groups attached to an aromatic ring is 1. The monoisotopic (exact) mass is 274 g/mol. The highest BCUT2D eigenvalue weighted by atomic mass is 16.5. The second-order valence-corrected chi connectivity index (χ2v) is 4.44. The molecule has 0 aliphatic heterocycles. The van der Waals surface area contributed by atoms with Gasteiger partial charge in [0, 0.05) is 13.2 Å². The van der Waals surface area contributed by atoms with Crippen LogP contribution in [-0.4, -0.2) is 22.9 Å². The highest BCUT2D eigenvalue weighted by Crippen LogP contribution is 2.26. The Morgan fingerprint density at radius 3 is 2.80 bits per heavy atom. The van der Waals surface area contributed by atoms with Crippen molar-refractivity contribution in [3.63, 3.8) is 0 Å². The van der Waals surface area contributed by atoms with Crippen LogP contribution in [-0.2, 0) is 18.2 Å². The number of carbonyl (C=O) groups is 1. The minimum absolute atomic E-state index is 0.404. The zero-order valence-corrected chi connectivity index (χ0v) is 11.8. The van der Waals surface area contributed by atoms with Crippen molar-refractivity contribution in [2.75, 3.05) is 18.2 Å². The van der Waals surface area contributed by atoms with E-state index in [0.717, 1.165) is 23.5 Å². The molecule has 0 amide bonds. The minimum Gasteiger partial charge on any atom is -0.465 e. The molecule has 2 aromatic rings. The van der Waals surface area contributed by atoms with Gasteiger partial charge in [-0.2, -0.15) is 5.10 Å². The average Bonchev–Trinajstić information content (AvgIpc) is 2.80. The summed E-state index contributed by atoms with van der Waals surface area (Å²) in [4.78, 5) is 11.4. The van der Waals surface area contributed by atoms with E-state index in [0.29, 0.717) is 11.3 Å². The number of methoxy groups -OCH3 is 1. The number of nitrogens with one attached hydrogen (secondary N) is 1. The fourth-order valence-corrected chi connectivity index (χ4v) is 1.97. The lowest BCUT2D eigenvalue weighted by molar-refractivity contribution is 0.0601. The van der Waals surface area contributed by atoms with Crippen molar-refractivity contribution < 1.29 is 9.53 Å². The number of benzene rings is 1. The molecule has 0 spiro atoms. The van der Waals surface area contributed by atoms with Gasteiger partial charge >= 0.3 is 5.97 Å². The standard InChI is InChI=1S/C14H18N4O2/c1-4-11-13(8-18(2)17-11)16-12-6-5-9(7-10(12)15)14(19)20-3/h5-8,16H,4,15H2,1-3H3. The Hall–Kier alpha value is -2.50. The molecule has 1 aromatic heterocycles. The third kappa shape index (κ3) is 2.74. The van der Waals surface area contributed by atoms with E-state index in [2.05, 4.69) is 15.2 Å². The van der Waals surface area contributed by atoms with Gasteiger partial charge in [-0.25, -0.2) is 4.79 Å². The Labute approximate surface area is 117 Å². The molecule has 0 fully saturated rings. The number of anilines is 3. The van der Waals surface area contributed by atoms with E-state index in [1.165, 1.54) is 7.11 Å². The van der Waals surface area contributed by atoms with Crippen LogP contribution >= 0.6 is 0 Å². The normalized spacial score (nSPS) is 10.3. The fourth-order valence-electron chi connectivity index (χ4n) is 1.97. The van der Waals surface area contributed by atoms with Crippen molar-refractivity contribution in [3.05, 3.63) is 35.7 Å². The number of aryl methyl sites for hydroxylation is 2. The summed E-state index contributed by atoms with van der Waals surface area (Å²) >= 11 is 0. The molecule has 106 valence electrons. The third-order valence-corrected chi connectivity index (χ3v) is 2.98. The summed E-state index contributed by atoms with van der Waals surface area (Å²) in [7, 11) is 3.21. The van der Waals surface area contributed by atoms with Gasteiger partial charge in [-0.3, -0.25) is 4.68 Å². The van der Waals surface area contributed by atoms with Crippen molar-refractivity contribution in [2.24, 2.45) is 7.05 Å². The molecule has 6 heteroatoms. The van der Waals surface area contributed by atoms with Gasteiger partial charge in [0.05, 0.1) is 35.4 Å². The Bertz CT molecular complexity index is 634. The van der Waals surface area contributed by atoms with E-state index in [9.17, 15) is 4.79 Å². The largest absolute Gasteiger partial charge is 0.465 e. The highest BCUT2D eigenvalue weighted by Gasteiger charge is 2.10. The minimum atomic E-state index is -0.404. The number of nitrogens with zero attached hydrogens (tertiary/aromatic N) is 2. The lowest BCUT2D eigenvalue weighted by Crippen LogP contribution is -2.04. The quantitative estimate of drug-likeness (QED) is 0.659. The molecule has 2 rings (SSSR count). The average molecular weight is 274 g/mol. The SMILES string of the molecule is CCc1nn(C)cc1Nc1ccc(C(=O)OC)cc1N. The molecule has 0 radical (unpaired) electrons. The maximum absolute atomic E-state index is 11.4. The Balaban J connectivity index is 2.27. The Morgan fingerprint density at radius 2 is 2.20 bits per heavy atom. The zero-order chi connectivity index (χ0) is 14.7. The van der Waals surface area contributed by atoms with E-state index in [4.69, 9.17) is 5.73 Å². The second kappa shape index (κ2) is 5.64. The van der Waals surface area contributed by atoms with Crippen LogP contribution in [0.5, 0.6) is 0 Å². The molecule has 0 atom stereocenters. The first kappa shape index (κ1) is 13.9. The maximum Gasteiger partial charge on any atom is 0.337 e. The first-order valence-corrected chi connectivity index (χ1v) is 6.32. The molecular formula is C14H18N4O2. The molecular weight excluding hydrogens is 256 g/mol. The summed E-state index contributed by atoms with van der Waals surface area (Å²) < 4.78 is 6.41. The smallest absolute Gasteiger partial charge is 0.337 e. The topological polar surface area (TPSA) is 82.2 Å². The fraction of sp³-hybridized carbons (Fsp3) is 0.286. The van der Waals surface area contributed by atoms with Crippen LogP contribution in [0.3, 0.4) is 0 Å². The number of ether oxygens (including phenoxy) is 1. The van der Waals surface area contributed by atoms with E-state index >= 15 is 0 Å². The number of aromatic nitrogens is 2. The van der Waals surface area contributed by atoms with Crippen LogP contribution in [0.4, 0.5) is 17.1 Å². The van der Waals surface area contributed by atoms with Gasteiger partial charge in [0.1, 0.15) is 0 Å². The summed E-state index contributed by atoms with van der Waals surface area (Å²) in [6.45, 7) is 2.04. The van der Waals surface area contributed by atoms with Crippen molar-refractivity contribution >= 4 is 23.0 Å². The predicted molar refractivity (Wildman–Crippen MR) is 78.1 cm³/mol. The summed E-state index contributed by atoms with van der Waals surface area (Å²) in [6.07, 6.45) is 2.72. The zero-order valence-electron chi connectivity index (χ0n) is 11.8. The van der Waals surface area contributed by atoms with Crippen LogP contribution in [0.15, 0.2) is 24.4 Å². The molecule has 0 saturated heterocycles. The first-order chi connectivity index (χ1) is 9.55. The van der Waals surface area contributed by atoms with Crippen molar-refractivity contribution in [1.29, 1.82) is 0 Å². The van der Waals surface area contributed by atoms with Crippen LogP contribution in [0.1, 0.15) is 23.0 Å². The van der Waals surface area contributed by atoms with E-state index < -0.39 is 5.97 Å². The lowest BCUT2D eigenvalue weighted by Gasteiger charge is -2.10. The summed E-state index contributed by atoms with van der Waals surface area (Å²) in [5.74, 6) is -0.404. The van der Waals surface area contributed by atoms with Crippen LogP contribution in [0, 0.1) is 0 Å². The maximum atomic E-state index is 11.4. The van der Waals surface area contributed by atoms with Gasteiger partial charge in [0.2, 0.25) is 0 Å². The molecule has 6 nitrogen and oxygen atoms in total. The molecule has 0 aliphatic rings. The first-order valence-electron chi connectivity index (χ1n) is 6.32. The Kier molecular flexibility index (Phi) is 3.93. The number of rotatable bonds is 4. The Morgan fingerprint density at radius 1 is 1.45 bits per heavy atom. The number of hydrogen-bond donors (Lipinski definition) is 2. The van der Waals surface area contributed by atoms with Crippen LogP contribution in [0.2, 0.25) is 0 Å². The molecule has 0 unspecified atom stereocenters. The van der Waals surface area contributed by atoms with Gasteiger partial charge < -0.3 is 15.8 Å². The number of esters is 1. The van der Waals surface area contributed by atoms with E-state index in [-0.39, 0.29) is 0 Å². The van der Waals surface area contributed by atoms with E-state index in [1.807, 2.05) is 20.2 Å². The summed E-state index contributed by atoms with van der Waals surface area (Å²) in [6, 6.07) is 5.02. The molecule has 3 N–H and O–H groups in total. The number of nitrogens with two attached hydrogens (primary N) is 1. The van der Waals surface area contributed by atoms with Gasteiger partial charge in [0.15, 0.2) is 0 Å². The van der Waals surface area contributed by atoms with Gasteiger partial charge in [-0.15, -0.1) is 0 Å². The summed E-state index contributed by atoms with van der Waals surface area (Å²) in [5, 5.41) is 7.59.